The summed E-state index contributed by atoms with van der Waals surface area (Å²) < 4.78 is 0. The Bertz CT molecular complexity index is 486. The van der Waals surface area contributed by atoms with Gasteiger partial charge < -0.3 is 16.0 Å². The molecular formula is C13H17N3OS. The topological polar surface area (TPSA) is 58.4 Å². The second kappa shape index (κ2) is 6.01. The second-order valence-electron chi connectivity index (χ2n) is 4.43. The highest BCUT2D eigenvalue weighted by atomic mass is 32.1. The van der Waals surface area contributed by atoms with Gasteiger partial charge in [-0.2, -0.15) is 0 Å². The number of hydrogen-bond acceptors (Lipinski definition) is 4. The van der Waals surface area contributed by atoms with E-state index in [9.17, 15) is 4.79 Å². The van der Waals surface area contributed by atoms with Crippen LogP contribution >= 0.6 is 11.3 Å². The van der Waals surface area contributed by atoms with E-state index < -0.39 is 0 Å². The zero-order valence-corrected chi connectivity index (χ0v) is 11.2. The van der Waals surface area contributed by atoms with Crippen LogP contribution in [0, 0.1) is 11.8 Å². The average molecular weight is 263 g/mol. The molecule has 0 bridgehead atoms. The van der Waals surface area contributed by atoms with Crippen molar-refractivity contribution >= 4 is 17.2 Å². The van der Waals surface area contributed by atoms with Crippen LogP contribution in [0.1, 0.15) is 21.7 Å². The molecular weight excluding hydrogens is 246 g/mol. The number of rotatable bonds is 2. The van der Waals surface area contributed by atoms with Crippen molar-refractivity contribution in [3.05, 3.63) is 21.9 Å². The van der Waals surface area contributed by atoms with Gasteiger partial charge in [0.2, 0.25) is 0 Å². The molecule has 4 nitrogen and oxygen atoms in total. The van der Waals surface area contributed by atoms with Crippen LogP contribution < -0.4 is 11.1 Å². The van der Waals surface area contributed by atoms with Crippen molar-refractivity contribution in [3.63, 3.8) is 0 Å². The van der Waals surface area contributed by atoms with Crippen LogP contribution in [0.25, 0.3) is 0 Å². The number of nitrogens with zero attached hydrogens (tertiary/aromatic N) is 1. The molecule has 3 N–H and O–H groups in total. The van der Waals surface area contributed by atoms with E-state index in [4.69, 9.17) is 5.73 Å². The predicted molar refractivity (Wildman–Crippen MR) is 73.6 cm³/mol. The maximum absolute atomic E-state index is 12.0. The van der Waals surface area contributed by atoms with Crippen LogP contribution in [0.3, 0.4) is 0 Å². The van der Waals surface area contributed by atoms with E-state index in [1.54, 1.807) is 0 Å². The standard InChI is InChI=1S/C13H17N3OS/c1-16-6-4-11(8-16)15-13(17)10-7-12(18-9-10)3-2-5-14/h7,9,11H,4-6,8,14H2,1H3,(H,15,17). The fourth-order valence-electron chi connectivity index (χ4n) is 1.98. The molecule has 1 saturated heterocycles. The van der Waals surface area contributed by atoms with Crippen molar-refractivity contribution in [1.82, 2.24) is 10.2 Å². The summed E-state index contributed by atoms with van der Waals surface area (Å²) in [5.74, 6) is 5.71. The van der Waals surface area contributed by atoms with Crippen LogP contribution in [-0.2, 0) is 0 Å². The van der Waals surface area contributed by atoms with Gasteiger partial charge in [0.15, 0.2) is 0 Å². The van der Waals surface area contributed by atoms with Crippen molar-refractivity contribution < 1.29 is 4.79 Å². The lowest BCUT2D eigenvalue weighted by atomic mass is 10.2. The van der Waals surface area contributed by atoms with Gasteiger partial charge in [0.25, 0.3) is 5.91 Å². The summed E-state index contributed by atoms with van der Waals surface area (Å²) >= 11 is 1.48. The maximum atomic E-state index is 12.0. The Balaban J connectivity index is 1.94. The molecule has 5 heteroatoms. The lowest BCUT2D eigenvalue weighted by molar-refractivity contribution is 0.0939. The van der Waals surface area contributed by atoms with Crippen molar-refractivity contribution in [2.75, 3.05) is 26.7 Å². The molecule has 0 spiro atoms. The molecule has 0 saturated carbocycles. The summed E-state index contributed by atoms with van der Waals surface area (Å²) in [7, 11) is 2.07. The van der Waals surface area contributed by atoms with Gasteiger partial charge in [-0.05, 0) is 26.1 Å². The number of thiophene rings is 1. The van der Waals surface area contributed by atoms with E-state index in [2.05, 4.69) is 29.1 Å². The summed E-state index contributed by atoms with van der Waals surface area (Å²) in [4.78, 5) is 15.1. The monoisotopic (exact) mass is 263 g/mol. The van der Waals surface area contributed by atoms with E-state index in [0.29, 0.717) is 12.1 Å². The Hall–Kier alpha value is -1.35. The Morgan fingerprint density at radius 1 is 1.72 bits per heavy atom. The molecule has 0 aliphatic carbocycles. The molecule has 1 aliphatic heterocycles. The molecule has 0 aromatic carbocycles. The van der Waals surface area contributed by atoms with E-state index in [1.165, 1.54) is 11.3 Å². The molecule has 1 atom stereocenters. The van der Waals surface area contributed by atoms with Gasteiger partial charge in [0.05, 0.1) is 17.0 Å². The van der Waals surface area contributed by atoms with Gasteiger partial charge >= 0.3 is 0 Å². The minimum absolute atomic E-state index is 0.00708. The lowest BCUT2D eigenvalue weighted by Crippen LogP contribution is -2.36. The molecule has 1 fully saturated rings. The SMILES string of the molecule is CN1CCC(NC(=O)c2csc(C#CCN)c2)C1. The highest BCUT2D eigenvalue weighted by Gasteiger charge is 2.21. The number of hydrogen-bond donors (Lipinski definition) is 2. The molecule has 1 aromatic rings. The van der Waals surface area contributed by atoms with Gasteiger partial charge in [-0.25, -0.2) is 0 Å². The Labute approximate surface area is 111 Å². The van der Waals surface area contributed by atoms with Crippen LogP contribution in [0.4, 0.5) is 0 Å². The fourth-order valence-corrected chi connectivity index (χ4v) is 2.74. The highest BCUT2D eigenvalue weighted by molar-refractivity contribution is 7.10. The third kappa shape index (κ3) is 3.33. The summed E-state index contributed by atoms with van der Waals surface area (Å²) in [5.41, 5.74) is 6.00. The van der Waals surface area contributed by atoms with Crippen LogP contribution in [0.5, 0.6) is 0 Å². The highest BCUT2D eigenvalue weighted by Crippen LogP contribution is 2.14. The lowest BCUT2D eigenvalue weighted by Gasteiger charge is -2.11. The minimum Gasteiger partial charge on any atom is -0.348 e. The molecule has 1 amide bonds. The Kier molecular flexibility index (Phi) is 4.37. The first-order chi connectivity index (χ1) is 8.69. The van der Waals surface area contributed by atoms with E-state index >= 15 is 0 Å². The third-order valence-corrected chi connectivity index (χ3v) is 3.75. The van der Waals surface area contributed by atoms with Gasteiger partial charge in [-0.3, -0.25) is 4.79 Å². The smallest absolute Gasteiger partial charge is 0.252 e. The van der Waals surface area contributed by atoms with Crippen molar-refractivity contribution in [2.24, 2.45) is 5.73 Å². The first-order valence-corrected chi connectivity index (χ1v) is 6.84. The Morgan fingerprint density at radius 2 is 2.56 bits per heavy atom. The first kappa shape index (κ1) is 13.1. The van der Waals surface area contributed by atoms with Crippen molar-refractivity contribution in [1.29, 1.82) is 0 Å². The average Bonchev–Trinajstić information content (AvgIpc) is 2.96. The molecule has 1 unspecified atom stereocenters. The van der Waals surface area contributed by atoms with Gasteiger partial charge in [-0.15, -0.1) is 11.3 Å². The largest absolute Gasteiger partial charge is 0.348 e. The molecule has 2 rings (SSSR count). The normalized spacial score (nSPS) is 19.3. The maximum Gasteiger partial charge on any atom is 0.252 e. The van der Waals surface area contributed by atoms with Gasteiger partial charge in [-0.1, -0.05) is 11.8 Å². The van der Waals surface area contributed by atoms with Gasteiger partial charge in [0, 0.05) is 18.0 Å². The number of carbonyl (C=O) groups excluding carboxylic acids is 1. The van der Waals surface area contributed by atoms with Gasteiger partial charge in [0.1, 0.15) is 0 Å². The molecule has 18 heavy (non-hydrogen) atoms. The minimum atomic E-state index is -0.00708. The molecule has 96 valence electrons. The third-order valence-electron chi connectivity index (χ3n) is 2.90. The summed E-state index contributed by atoms with van der Waals surface area (Å²) in [6.07, 6.45) is 1.02. The number of nitrogens with two attached hydrogens (primary N) is 1. The zero-order chi connectivity index (χ0) is 13.0. The quantitative estimate of drug-likeness (QED) is 0.764. The number of carbonyl (C=O) groups is 1. The molecule has 2 heterocycles. The van der Waals surface area contributed by atoms with Crippen LogP contribution in [-0.4, -0.2) is 43.5 Å². The summed E-state index contributed by atoms with van der Waals surface area (Å²) in [5, 5.41) is 4.89. The number of likely N-dealkylation sites (tertiary alicyclic amines) is 1. The summed E-state index contributed by atoms with van der Waals surface area (Å²) in [6.45, 7) is 2.31. The first-order valence-electron chi connectivity index (χ1n) is 5.96. The predicted octanol–water partition coefficient (Wildman–Crippen LogP) is 0.492. The van der Waals surface area contributed by atoms with Crippen LogP contribution in [0.15, 0.2) is 11.4 Å². The number of likely N-dealkylation sites (N-methyl/N-ethyl adjacent to an activating group) is 1. The Morgan fingerprint density at radius 3 is 3.22 bits per heavy atom. The molecule has 1 aromatic heterocycles. The second-order valence-corrected chi connectivity index (χ2v) is 5.34. The fraction of sp³-hybridized carbons (Fsp3) is 0.462. The van der Waals surface area contributed by atoms with E-state index in [0.717, 1.165) is 24.4 Å². The van der Waals surface area contributed by atoms with E-state index in [-0.39, 0.29) is 11.9 Å². The number of amides is 1. The zero-order valence-electron chi connectivity index (χ0n) is 10.4. The molecule has 1 aliphatic rings. The van der Waals surface area contributed by atoms with Crippen LogP contribution in [0.2, 0.25) is 0 Å². The van der Waals surface area contributed by atoms with Crippen molar-refractivity contribution in [2.45, 2.75) is 12.5 Å². The molecule has 0 radical (unpaired) electrons. The number of nitrogens with one attached hydrogen (secondary N) is 1. The summed E-state index contributed by atoms with van der Waals surface area (Å²) in [6, 6.07) is 2.09. The van der Waals surface area contributed by atoms with E-state index in [1.807, 2.05) is 11.4 Å². The van der Waals surface area contributed by atoms with Crippen molar-refractivity contribution in [3.8, 4) is 11.8 Å².